The first-order valence-corrected chi connectivity index (χ1v) is 7.95. The average Bonchev–Trinajstić information content (AvgIpc) is 2.64. The zero-order valence-electron chi connectivity index (χ0n) is 13.2. The number of pyridine rings is 1. The van der Waals surface area contributed by atoms with Gasteiger partial charge in [0.1, 0.15) is 17.2 Å². The lowest BCUT2D eigenvalue weighted by Gasteiger charge is -2.12. The Labute approximate surface area is 150 Å². The summed E-state index contributed by atoms with van der Waals surface area (Å²) in [5.41, 5.74) is 0.458. The number of benzene rings is 2. The molecule has 6 heteroatoms. The van der Waals surface area contributed by atoms with Crippen molar-refractivity contribution in [2.24, 2.45) is 0 Å². The maximum absolute atomic E-state index is 12.1. The molecule has 0 fully saturated rings. The number of nitrogens with zero attached hydrogens (tertiary/aromatic N) is 1. The molecule has 0 atom stereocenters. The van der Waals surface area contributed by atoms with E-state index in [0.29, 0.717) is 28.1 Å². The minimum absolute atomic E-state index is 0.177. The van der Waals surface area contributed by atoms with Crippen LogP contribution in [-0.2, 0) is 4.79 Å². The molecule has 0 saturated heterocycles. The minimum atomic E-state index is -0.342. The van der Waals surface area contributed by atoms with Crippen LogP contribution in [0, 0.1) is 0 Å². The van der Waals surface area contributed by atoms with Crippen LogP contribution in [0.2, 0.25) is 5.02 Å². The van der Waals surface area contributed by atoms with Crippen LogP contribution in [0.3, 0.4) is 0 Å². The third-order valence-electron chi connectivity index (χ3n) is 3.20. The van der Waals surface area contributed by atoms with Crippen molar-refractivity contribution >= 4 is 23.2 Å². The molecule has 126 valence electrons. The van der Waals surface area contributed by atoms with Crippen molar-refractivity contribution in [3.8, 4) is 17.4 Å². The van der Waals surface area contributed by atoms with E-state index >= 15 is 0 Å². The number of para-hydroxylation sites is 2. The molecule has 1 heterocycles. The third kappa shape index (κ3) is 4.71. The Bertz CT molecular complexity index is 856. The predicted octanol–water partition coefficient (Wildman–Crippen LogP) is 4.54. The molecule has 0 saturated carbocycles. The molecule has 1 amide bonds. The molecular formula is C19H15ClN2O3. The van der Waals surface area contributed by atoms with Crippen molar-refractivity contribution in [3.63, 3.8) is 0 Å². The Kier molecular flexibility index (Phi) is 5.49. The highest BCUT2D eigenvalue weighted by Crippen LogP contribution is 2.27. The molecule has 0 aliphatic heterocycles. The van der Waals surface area contributed by atoms with E-state index < -0.39 is 0 Å². The van der Waals surface area contributed by atoms with Crippen LogP contribution < -0.4 is 14.8 Å². The topological polar surface area (TPSA) is 60.5 Å². The first-order valence-electron chi connectivity index (χ1n) is 7.57. The third-order valence-corrected chi connectivity index (χ3v) is 3.51. The number of rotatable bonds is 6. The first kappa shape index (κ1) is 16.8. The number of hydrogen-bond donors (Lipinski definition) is 1. The molecular weight excluding hydrogens is 340 g/mol. The molecule has 0 radical (unpaired) electrons. The van der Waals surface area contributed by atoms with Crippen LogP contribution in [-0.4, -0.2) is 17.5 Å². The van der Waals surface area contributed by atoms with Gasteiger partial charge in [0.05, 0.1) is 5.02 Å². The molecule has 25 heavy (non-hydrogen) atoms. The summed E-state index contributed by atoms with van der Waals surface area (Å²) >= 11 is 6.00. The van der Waals surface area contributed by atoms with E-state index in [9.17, 15) is 4.79 Å². The van der Waals surface area contributed by atoms with E-state index in [1.165, 1.54) is 0 Å². The number of ether oxygens (including phenoxy) is 2. The molecule has 0 aliphatic rings. The van der Waals surface area contributed by atoms with Crippen LogP contribution >= 0.6 is 11.6 Å². The minimum Gasteiger partial charge on any atom is -0.482 e. The van der Waals surface area contributed by atoms with Gasteiger partial charge < -0.3 is 14.8 Å². The van der Waals surface area contributed by atoms with Crippen LogP contribution in [0.25, 0.3) is 0 Å². The molecule has 1 aromatic heterocycles. The smallest absolute Gasteiger partial charge is 0.262 e. The molecule has 0 unspecified atom stereocenters. The number of carbonyl (C=O) groups is 1. The van der Waals surface area contributed by atoms with Crippen molar-refractivity contribution in [1.29, 1.82) is 0 Å². The maximum atomic E-state index is 12.1. The van der Waals surface area contributed by atoms with Crippen molar-refractivity contribution in [2.75, 3.05) is 11.9 Å². The largest absolute Gasteiger partial charge is 0.482 e. The average molecular weight is 355 g/mol. The Balaban J connectivity index is 1.64. The van der Waals surface area contributed by atoms with Crippen molar-refractivity contribution in [3.05, 3.63) is 77.9 Å². The van der Waals surface area contributed by atoms with E-state index in [4.69, 9.17) is 21.1 Å². The van der Waals surface area contributed by atoms with Gasteiger partial charge in [0.25, 0.3) is 5.91 Å². The number of halogens is 1. The molecule has 1 N–H and O–H groups in total. The Hall–Kier alpha value is -3.05. The van der Waals surface area contributed by atoms with Crippen LogP contribution in [0.1, 0.15) is 0 Å². The van der Waals surface area contributed by atoms with Gasteiger partial charge in [0.15, 0.2) is 6.61 Å². The van der Waals surface area contributed by atoms with E-state index in [1.807, 2.05) is 18.2 Å². The Morgan fingerprint density at radius 1 is 1.00 bits per heavy atom. The predicted molar refractivity (Wildman–Crippen MR) is 96.3 cm³/mol. The van der Waals surface area contributed by atoms with Crippen LogP contribution in [0.15, 0.2) is 72.9 Å². The Morgan fingerprint density at radius 2 is 1.76 bits per heavy atom. The van der Waals surface area contributed by atoms with Gasteiger partial charge in [-0.05, 0) is 36.4 Å². The highest BCUT2D eigenvalue weighted by atomic mass is 35.5. The van der Waals surface area contributed by atoms with Gasteiger partial charge in [0, 0.05) is 6.20 Å². The number of carbonyl (C=O) groups excluding carboxylic acids is 1. The van der Waals surface area contributed by atoms with Gasteiger partial charge in [0.2, 0.25) is 5.88 Å². The summed E-state index contributed by atoms with van der Waals surface area (Å²) in [4.78, 5) is 16.3. The lowest BCUT2D eigenvalue weighted by Crippen LogP contribution is -2.20. The molecule has 2 aromatic carbocycles. The molecule has 3 rings (SSSR count). The van der Waals surface area contributed by atoms with Gasteiger partial charge in [-0.2, -0.15) is 0 Å². The van der Waals surface area contributed by atoms with Crippen LogP contribution in [0.5, 0.6) is 17.4 Å². The number of aromatic nitrogens is 1. The maximum Gasteiger partial charge on any atom is 0.262 e. The van der Waals surface area contributed by atoms with Gasteiger partial charge in [-0.25, -0.2) is 4.98 Å². The standard InChI is InChI=1S/C19H15ClN2O3/c20-15-9-4-5-11-17(15)24-13-18(23)22-16-10-6-12-21-19(16)25-14-7-2-1-3-8-14/h1-12H,13H2,(H,22,23). The van der Waals surface area contributed by atoms with Crippen molar-refractivity contribution in [1.82, 2.24) is 4.98 Å². The Morgan fingerprint density at radius 3 is 2.56 bits per heavy atom. The zero-order valence-corrected chi connectivity index (χ0v) is 13.9. The number of hydrogen-bond acceptors (Lipinski definition) is 4. The number of nitrogens with one attached hydrogen (secondary N) is 1. The summed E-state index contributed by atoms with van der Waals surface area (Å²) in [7, 11) is 0. The fraction of sp³-hybridized carbons (Fsp3) is 0.0526. The normalized spacial score (nSPS) is 10.1. The second kappa shape index (κ2) is 8.17. The van der Waals surface area contributed by atoms with E-state index in [1.54, 1.807) is 54.7 Å². The molecule has 0 spiro atoms. The molecule has 5 nitrogen and oxygen atoms in total. The summed E-state index contributed by atoms with van der Waals surface area (Å²) in [6, 6.07) is 19.6. The quantitative estimate of drug-likeness (QED) is 0.705. The van der Waals surface area contributed by atoms with Gasteiger partial charge in [-0.15, -0.1) is 0 Å². The molecule has 0 bridgehead atoms. The second-order valence-corrected chi connectivity index (χ2v) is 5.45. The lowest BCUT2D eigenvalue weighted by atomic mass is 10.3. The monoisotopic (exact) mass is 354 g/mol. The SMILES string of the molecule is O=C(COc1ccccc1Cl)Nc1cccnc1Oc1ccccc1. The lowest BCUT2D eigenvalue weighted by molar-refractivity contribution is -0.118. The highest BCUT2D eigenvalue weighted by Gasteiger charge is 2.11. The first-order chi connectivity index (χ1) is 12.2. The fourth-order valence-corrected chi connectivity index (χ4v) is 2.25. The summed E-state index contributed by atoms with van der Waals surface area (Å²) in [5, 5.41) is 3.17. The number of amides is 1. The van der Waals surface area contributed by atoms with Gasteiger partial charge >= 0.3 is 0 Å². The summed E-state index contributed by atoms with van der Waals surface area (Å²) in [6.45, 7) is -0.177. The fourth-order valence-electron chi connectivity index (χ4n) is 2.06. The van der Waals surface area contributed by atoms with Crippen LogP contribution in [0.4, 0.5) is 5.69 Å². The summed E-state index contributed by atoms with van der Waals surface area (Å²) < 4.78 is 11.1. The second-order valence-electron chi connectivity index (χ2n) is 5.04. The van der Waals surface area contributed by atoms with E-state index in [-0.39, 0.29) is 12.5 Å². The van der Waals surface area contributed by atoms with E-state index in [2.05, 4.69) is 10.3 Å². The summed E-state index contributed by atoms with van der Waals surface area (Å²) in [6.07, 6.45) is 1.59. The van der Waals surface area contributed by atoms with Crippen molar-refractivity contribution in [2.45, 2.75) is 0 Å². The van der Waals surface area contributed by atoms with Gasteiger partial charge in [-0.3, -0.25) is 4.79 Å². The molecule has 0 aliphatic carbocycles. The van der Waals surface area contributed by atoms with Crippen molar-refractivity contribution < 1.29 is 14.3 Å². The van der Waals surface area contributed by atoms with Gasteiger partial charge in [-0.1, -0.05) is 41.9 Å². The highest BCUT2D eigenvalue weighted by molar-refractivity contribution is 6.32. The zero-order chi connectivity index (χ0) is 17.5. The van der Waals surface area contributed by atoms with E-state index in [0.717, 1.165) is 0 Å². The summed E-state index contributed by atoms with van der Waals surface area (Å²) in [5.74, 6) is 1.04. The molecule has 3 aromatic rings. The number of anilines is 1.